The summed E-state index contributed by atoms with van der Waals surface area (Å²) >= 11 is 0.732. The Balaban J connectivity index is 1.91. The molecule has 1 heterocycles. The van der Waals surface area contributed by atoms with Crippen LogP contribution in [0.3, 0.4) is 0 Å². The Hall–Kier alpha value is -3.27. The third-order valence-corrected chi connectivity index (χ3v) is 6.86. The SMILES string of the molecule is CON=C1CCC(C)(C)c2cc(C)c(-c3cc(C=C4SC(=O)NC4=O)ccc3OC(F)(F)F)cc21. The van der Waals surface area contributed by atoms with E-state index in [1.54, 1.807) is 0 Å². The van der Waals surface area contributed by atoms with E-state index < -0.39 is 17.5 Å². The average molecular weight is 505 g/mol. The Kier molecular flexibility index (Phi) is 6.44. The molecule has 1 N–H and O–H groups in total. The number of fused-ring (bicyclic) bond motifs is 1. The van der Waals surface area contributed by atoms with Crippen LogP contribution in [0, 0.1) is 6.92 Å². The number of nitrogens with one attached hydrogen (secondary N) is 1. The maximum absolute atomic E-state index is 13.2. The largest absolute Gasteiger partial charge is 0.573 e. The third kappa shape index (κ3) is 5.22. The molecule has 1 saturated heterocycles. The summed E-state index contributed by atoms with van der Waals surface area (Å²) in [5.41, 5.74) is 4.35. The highest BCUT2D eigenvalue weighted by Gasteiger charge is 2.34. The van der Waals surface area contributed by atoms with E-state index in [-0.39, 0.29) is 21.6 Å². The molecule has 0 atom stereocenters. The first-order valence-electron chi connectivity index (χ1n) is 10.8. The fourth-order valence-corrected chi connectivity index (χ4v) is 5.02. The van der Waals surface area contributed by atoms with E-state index in [9.17, 15) is 22.8 Å². The van der Waals surface area contributed by atoms with Crippen LogP contribution >= 0.6 is 11.8 Å². The molecule has 184 valence electrons. The van der Waals surface area contributed by atoms with Crippen LogP contribution in [0.2, 0.25) is 0 Å². The molecule has 0 unspecified atom stereocenters. The Morgan fingerprint density at radius 1 is 1.11 bits per heavy atom. The van der Waals surface area contributed by atoms with Gasteiger partial charge < -0.3 is 9.57 Å². The molecule has 0 bridgehead atoms. The van der Waals surface area contributed by atoms with Crippen molar-refractivity contribution in [3.05, 3.63) is 57.5 Å². The van der Waals surface area contributed by atoms with Crippen LogP contribution in [0.1, 0.15) is 48.9 Å². The summed E-state index contributed by atoms with van der Waals surface area (Å²) in [4.78, 5) is 28.6. The summed E-state index contributed by atoms with van der Waals surface area (Å²) in [6, 6.07) is 7.92. The number of carbonyl (C=O) groups is 2. The monoisotopic (exact) mass is 504 g/mol. The maximum atomic E-state index is 13.2. The van der Waals surface area contributed by atoms with Gasteiger partial charge in [-0.2, -0.15) is 0 Å². The minimum atomic E-state index is -4.89. The molecular weight excluding hydrogens is 481 g/mol. The van der Waals surface area contributed by atoms with E-state index in [1.165, 1.54) is 31.4 Å². The van der Waals surface area contributed by atoms with E-state index in [4.69, 9.17) is 4.84 Å². The molecule has 2 amide bonds. The van der Waals surface area contributed by atoms with Crippen molar-refractivity contribution in [2.75, 3.05) is 7.11 Å². The van der Waals surface area contributed by atoms with Gasteiger partial charge in [0.15, 0.2) is 0 Å². The molecule has 1 aliphatic carbocycles. The van der Waals surface area contributed by atoms with Gasteiger partial charge in [-0.25, -0.2) is 0 Å². The average Bonchev–Trinajstić information content (AvgIpc) is 3.07. The van der Waals surface area contributed by atoms with Crippen LogP contribution in [0.15, 0.2) is 40.4 Å². The fraction of sp³-hybridized carbons (Fsp3) is 0.320. The maximum Gasteiger partial charge on any atom is 0.573 e. The Bertz CT molecular complexity index is 1280. The number of ether oxygens (including phenoxy) is 1. The smallest absolute Gasteiger partial charge is 0.405 e. The second kappa shape index (κ2) is 9.07. The molecular formula is C25H23F3N2O4S. The van der Waals surface area contributed by atoms with Crippen molar-refractivity contribution < 1.29 is 32.3 Å². The minimum absolute atomic E-state index is 0.150. The van der Waals surface area contributed by atoms with E-state index >= 15 is 0 Å². The topological polar surface area (TPSA) is 77.0 Å². The lowest BCUT2D eigenvalue weighted by Gasteiger charge is -2.34. The molecule has 1 aliphatic heterocycles. The van der Waals surface area contributed by atoms with Crippen LogP contribution in [-0.2, 0) is 15.0 Å². The number of imide groups is 1. The number of hydrogen-bond acceptors (Lipinski definition) is 6. The summed E-state index contributed by atoms with van der Waals surface area (Å²) < 4.78 is 44.1. The van der Waals surface area contributed by atoms with Crippen LogP contribution < -0.4 is 10.1 Å². The van der Waals surface area contributed by atoms with Gasteiger partial charge in [-0.05, 0) is 83.5 Å². The van der Waals surface area contributed by atoms with Gasteiger partial charge in [-0.1, -0.05) is 31.1 Å². The number of alkyl halides is 3. The number of aryl methyl sites for hydroxylation is 1. The van der Waals surface area contributed by atoms with Crippen molar-refractivity contribution in [3.63, 3.8) is 0 Å². The third-order valence-electron chi connectivity index (χ3n) is 6.05. The first-order chi connectivity index (χ1) is 16.4. The normalized spacial score (nSPS) is 19.6. The van der Waals surface area contributed by atoms with Gasteiger partial charge in [-0.3, -0.25) is 14.9 Å². The first kappa shape index (κ1) is 24.8. The van der Waals surface area contributed by atoms with Crippen molar-refractivity contribution >= 4 is 34.7 Å². The van der Waals surface area contributed by atoms with Gasteiger partial charge in [0.2, 0.25) is 0 Å². The van der Waals surface area contributed by atoms with E-state index in [0.717, 1.165) is 40.6 Å². The molecule has 2 aliphatic rings. The Morgan fingerprint density at radius 2 is 1.86 bits per heavy atom. The molecule has 0 saturated carbocycles. The lowest BCUT2D eigenvalue weighted by molar-refractivity contribution is -0.274. The van der Waals surface area contributed by atoms with E-state index in [0.29, 0.717) is 17.5 Å². The summed E-state index contributed by atoms with van der Waals surface area (Å²) in [5, 5.41) is 5.81. The zero-order valence-electron chi connectivity index (χ0n) is 19.5. The first-order valence-corrected chi connectivity index (χ1v) is 11.6. The molecule has 0 spiro atoms. The number of halogens is 3. The number of nitrogens with zero attached hydrogens (tertiary/aromatic N) is 1. The molecule has 2 aromatic carbocycles. The number of thioether (sulfide) groups is 1. The molecule has 0 radical (unpaired) electrons. The molecule has 0 aromatic heterocycles. The van der Waals surface area contributed by atoms with Crippen LogP contribution in [-0.4, -0.2) is 30.3 Å². The van der Waals surface area contributed by atoms with Crippen LogP contribution in [0.5, 0.6) is 5.75 Å². The number of oxime groups is 1. The summed E-state index contributed by atoms with van der Waals surface area (Å²) in [6.45, 7) is 6.06. The second-order valence-electron chi connectivity index (χ2n) is 8.97. The van der Waals surface area contributed by atoms with Crippen molar-refractivity contribution in [2.45, 2.75) is 45.4 Å². The Labute approximate surface area is 204 Å². The predicted octanol–water partition coefficient (Wildman–Crippen LogP) is 6.31. The predicted molar refractivity (Wildman–Crippen MR) is 128 cm³/mol. The van der Waals surface area contributed by atoms with Crippen molar-refractivity contribution in [1.29, 1.82) is 0 Å². The molecule has 10 heteroatoms. The summed E-state index contributed by atoms with van der Waals surface area (Å²) in [7, 11) is 1.45. The molecule has 1 fully saturated rings. The number of rotatable bonds is 4. The number of hydrogen-bond donors (Lipinski definition) is 1. The van der Waals surface area contributed by atoms with Crippen LogP contribution in [0.4, 0.5) is 18.0 Å². The number of benzene rings is 2. The zero-order chi connectivity index (χ0) is 25.5. The standard InChI is InChI=1S/C25H23F3N2O4S/c1-13-9-18-17(19(30-33-4)7-8-24(18,2)3)12-15(13)16-10-14(5-6-20(16)34-25(26,27)28)11-21-22(31)29-23(32)35-21/h5-6,9-12H,7-8H2,1-4H3,(H,29,31,32). The molecule has 2 aromatic rings. The van der Waals surface area contributed by atoms with Gasteiger partial charge in [0.25, 0.3) is 11.1 Å². The van der Waals surface area contributed by atoms with Gasteiger partial charge in [0, 0.05) is 11.1 Å². The lowest BCUT2D eigenvalue weighted by atomic mass is 9.70. The van der Waals surface area contributed by atoms with E-state index in [2.05, 4.69) is 29.1 Å². The number of amides is 2. The molecule has 4 rings (SSSR count). The summed E-state index contributed by atoms with van der Waals surface area (Å²) in [5.74, 6) is -0.924. The fourth-order valence-electron chi connectivity index (χ4n) is 4.34. The highest BCUT2D eigenvalue weighted by Crippen LogP contribution is 2.43. The molecule has 6 nitrogen and oxygen atoms in total. The Morgan fingerprint density at radius 3 is 2.49 bits per heavy atom. The quantitative estimate of drug-likeness (QED) is 0.390. The zero-order valence-corrected chi connectivity index (χ0v) is 20.3. The van der Waals surface area contributed by atoms with Gasteiger partial charge >= 0.3 is 6.36 Å². The van der Waals surface area contributed by atoms with Gasteiger partial charge in [0.1, 0.15) is 12.9 Å². The lowest BCUT2D eigenvalue weighted by Crippen LogP contribution is -2.28. The van der Waals surface area contributed by atoms with E-state index in [1.807, 2.05) is 19.1 Å². The number of carbonyl (C=O) groups excluding carboxylic acids is 2. The summed E-state index contributed by atoms with van der Waals surface area (Å²) in [6.07, 6.45) is -1.92. The second-order valence-corrected chi connectivity index (χ2v) is 9.99. The highest BCUT2D eigenvalue weighted by atomic mass is 32.2. The van der Waals surface area contributed by atoms with Crippen molar-refractivity contribution in [2.24, 2.45) is 5.16 Å². The molecule has 35 heavy (non-hydrogen) atoms. The van der Waals surface area contributed by atoms with Crippen LogP contribution in [0.25, 0.3) is 17.2 Å². The highest BCUT2D eigenvalue weighted by molar-refractivity contribution is 8.18. The van der Waals surface area contributed by atoms with Crippen molar-refractivity contribution in [3.8, 4) is 16.9 Å². The van der Waals surface area contributed by atoms with Gasteiger partial charge in [-0.15, -0.1) is 13.2 Å². The minimum Gasteiger partial charge on any atom is -0.405 e. The van der Waals surface area contributed by atoms with Gasteiger partial charge in [0.05, 0.1) is 10.6 Å². The van der Waals surface area contributed by atoms with Crippen molar-refractivity contribution in [1.82, 2.24) is 5.32 Å².